The number of halogens is 6. The average Bonchev–Trinajstić information content (AvgIpc) is 3.02. The average molecular weight is 474 g/mol. The van der Waals surface area contributed by atoms with E-state index in [0.29, 0.717) is 16.8 Å². The second-order valence-corrected chi connectivity index (χ2v) is 6.74. The summed E-state index contributed by atoms with van der Waals surface area (Å²) in [5, 5.41) is 5.72. The van der Waals surface area contributed by atoms with Crippen molar-refractivity contribution in [1.82, 2.24) is 14.3 Å². The van der Waals surface area contributed by atoms with Gasteiger partial charge in [0.2, 0.25) is 0 Å². The van der Waals surface area contributed by atoms with Crippen molar-refractivity contribution in [2.75, 3.05) is 11.9 Å². The van der Waals surface area contributed by atoms with Crippen LogP contribution < -0.4 is 15.7 Å². The molecule has 13 heteroatoms. The van der Waals surface area contributed by atoms with Gasteiger partial charge in [0.05, 0.1) is 5.56 Å². The Morgan fingerprint density at radius 2 is 1.76 bits per heavy atom. The number of amides is 1. The molecule has 33 heavy (non-hydrogen) atoms. The molecule has 1 amide bonds. The second-order valence-electron chi connectivity index (χ2n) is 6.74. The molecule has 0 aliphatic carbocycles. The topological polar surface area (TPSA) is 78.2 Å². The number of aromatic nitrogens is 3. The number of carbonyl (C=O) groups excluding carboxylic acids is 1. The normalized spacial score (nSPS) is 11.5. The molecule has 2 aromatic carbocycles. The van der Waals surface area contributed by atoms with Gasteiger partial charge in [0, 0.05) is 12.6 Å². The van der Waals surface area contributed by atoms with E-state index in [2.05, 4.69) is 9.84 Å². The summed E-state index contributed by atoms with van der Waals surface area (Å²) in [7, 11) is 0. The maximum atomic E-state index is 14.9. The van der Waals surface area contributed by atoms with Crippen LogP contribution in [0.2, 0.25) is 0 Å². The van der Waals surface area contributed by atoms with E-state index >= 15 is 0 Å². The Labute approximate surface area is 182 Å². The smallest absolute Gasteiger partial charge is 0.422 e. The summed E-state index contributed by atoms with van der Waals surface area (Å²) in [6.45, 7) is 1.43. The molecule has 0 aliphatic rings. The van der Waals surface area contributed by atoms with Crippen molar-refractivity contribution in [2.24, 2.45) is 0 Å². The Morgan fingerprint density at radius 3 is 2.30 bits per heavy atom. The van der Waals surface area contributed by atoms with E-state index in [0.717, 1.165) is 18.2 Å². The van der Waals surface area contributed by atoms with Crippen LogP contribution in [0.25, 0.3) is 5.69 Å². The highest BCUT2D eigenvalue weighted by Crippen LogP contribution is 2.29. The fraction of sp³-hybridized carbons (Fsp3) is 0.250. The highest BCUT2D eigenvalue weighted by molar-refractivity contribution is 6.06. The van der Waals surface area contributed by atoms with Gasteiger partial charge in [-0.1, -0.05) is 6.07 Å². The lowest BCUT2D eigenvalue weighted by Gasteiger charge is -2.15. The van der Waals surface area contributed by atoms with Gasteiger partial charge < -0.3 is 10.1 Å². The fourth-order valence-electron chi connectivity index (χ4n) is 2.97. The van der Waals surface area contributed by atoms with Crippen molar-refractivity contribution in [1.29, 1.82) is 0 Å². The fourth-order valence-corrected chi connectivity index (χ4v) is 2.97. The van der Waals surface area contributed by atoms with E-state index in [4.69, 9.17) is 0 Å². The summed E-state index contributed by atoms with van der Waals surface area (Å²) in [5.41, 5.74) is -3.03. The van der Waals surface area contributed by atoms with Crippen LogP contribution in [0.1, 0.15) is 23.1 Å². The van der Waals surface area contributed by atoms with Crippen molar-refractivity contribution in [3.63, 3.8) is 0 Å². The lowest BCUT2D eigenvalue weighted by molar-refractivity contribution is -0.153. The summed E-state index contributed by atoms with van der Waals surface area (Å²) < 4.78 is 87.2. The predicted molar refractivity (Wildman–Crippen MR) is 104 cm³/mol. The van der Waals surface area contributed by atoms with Crippen LogP contribution in [0.3, 0.4) is 0 Å². The SMILES string of the molecule is CCn1c(C)nn(-c2cc(OCC(F)(F)F)c(C(=O)Nc3c(F)cccc3F)cc2F)c1=O. The van der Waals surface area contributed by atoms with Crippen LogP contribution in [0.5, 0.6) is 5.75 Å². The minimum Gasteiger partial charge on any atom is -0.483 e. The molecule has 3 aromatic rings. The van der Waals surface area contributed by atoms with Gasteiger partial charge in [-0.3, -0.25) is 9.36 Å². The molecular weight excluding hydrogens is 458 g/mol. The van der Waals surface area contributed by atoms with Crippen LogP contribution in [-0.2, 0) is 6.54 Å². The van der Waals surface area contributed by atoms with Crippen molar-refractivity contribution in [3.05, 3.63) is 69.7 Å². The van der Waals surface area contributed by atoms with Gasteiger partial charge >= 0.3 is 11.9 Å². The molecule has 0 saturated heterocycles. The van der Waals surface area contributed by atoms with Gasteiger partial charge in [0.1, 0.15) is 40.4 Å². The summed E-state index contributed by atoms with van der Waals surface area (Å²) in [6.07, 6.45) is -4.82. The van der Waals surface area contributed by atoms with Crippen molar-refractivity contribution >= 4 is 11.6 Å². The zero-order valence-corrected chi connectivity index (χ0v) is 17.1. The second kappa shape index (κ2) is 9.00. The van der Waals surface area contributed by atoms with E-state index in [1.54, 1.807) is 6.92 Å². The Kier molecular flexibility index (Phi) is 6.51. The maximum Gasteiger partial charge on any atom is 0.422 e. The predicted octanol–water partition coefficient (Wildman–Crippen LogP) is 3.97. The third-order valence-electron chi connectivity index (χ3n) is 4.48. The summed E-state index contributed by atoms with van der Waals surface area (Å²) >= 11 is 0. The molecule has 0 unspecified atom stereocenters. The van der Waals surface area contributed by atoms with Crippen LogP contribution in [-0.4, -0.2) is 33.0 Å². The Balaban J connectivity index is 2.11. The standard InChI is InChI=1S/C20H16F6N4O3/c1-3-29-10(2)28-30(19(29)32)15-8-16(33-9-20(24,25)26)11(7-14(15)23)18(31)27-17-12(21)5-4-6-13(17)22/h4-8H,3,9H2,1-2H3,(H,27,31). The number of para-hydroxylation sites is 1. The molecular formula is C20H16F6N4O3. The first-order chi connectivity index (χ1) is 15.4. The number of nitrogens with one attached hydrogen (secondary N) is 1. The van der Waals surface area contributed by atoms with E-state index in [9.17, 15) is 35.9 Å². The number of nitrogens with zero attached hydrogens (tertiary/aromatic N) is 3. The van der Waals surface area contributed by atoms with E-state index in [1.807, 2.05) is 5.32 Å². The van der Waals surface area contributed by atoms with Crippen LogP contribution in [0.4, 0.5) is 32.0 Å². The molecule has 1 heterocycles. The molecule has 0 saturated carbocycles. The monoisotopic (exact) mass is 474 g/mol. The Bertz CT molecular complexity index is 1250. The molecule has 176 valence electrons. The molecule has 0 fully saturated rings. The van der Waals surface area contributed by atoms with E-state index in [-0.39, 0.29) is 12.4 Å². The minimum atomic E-state index is -4.82. The van der Waals surface area contributed by atoms with Crippen LogP contribution in [0.15, 0.2) is 35.1 Å². The third-order valence-corrected chi connectivity index (χ3v) is 4.48. The molecule has 1 aromatic heterocycles. The summed E-state index contributed by atoms with van der Waals surface area (Å²) in [6, 6.07) is 3.87. The van der Waals surface area contributed by atoms with Crippen molar-refractivity contribution in [3.8, 4) is 11.4 Å². The molecule has 3 rings (SSSR count). The van der Waals surface area contributed by atoms with Gasteiger partial charge in [-0.2, -0.15) is 23.0 Å². The number of aryl methyl sites for hydroxylation is 1. The zero-order chi connectivity index (χ0) is 24.5. The molecule has 0 radical (unpaired) electrons. The first kappa shape index (κ1) is 23.9. The number of benzene rings is 2. The first-order valence-corrected chi connectivity index (χ1v) is 9.38. The molecule has 1 N–H and O–H groups in total. The van der Waals surface area contributed by atoms with Gasteiger partial charge in [-0.25, -0.2) is 18.0 Å². The Morgan fingerprint density at radius 1 is 1.12 bits per heavy atom. The quantitative estimate of drug-likeness (QED) is 0.549. The van der Waals surface area contributed by atoms with Gasteiger partial charge in [0.15, 0.2) is 6.61 Å². The Hall–Kier alpha value is -3.77. The van der Waals surface area contributed by atoms with Gasteiger partial charge in [-0.15, -0.1) is 0 Å². The van der Waals surface area contributed by atoms with Crippen LogP contribution >= 0.6 is 0 Å². The lowest BCUT2D eigenvalue weighted by Crippen LogP contribution is -2.25. The van der Waals surface area contributed by atoms with E-state index < -0.39 is 64.5 Å². The number of hydrogen-bond acceptors (Lipinski definition) is 4. The zero-order valence-electron chi connectivity index (χ0n) is 17.1. The molecule has 0 bridgehead atoms. The summed E-state index contributed by atoms with van der Waals surface area (Å²) in [5.74, 6) is -5.46. The number of carbonyl (C=O) groups is 1. The first-order valence-electron chi connectivity index (χ1n) is 9.38. The highest BCUT2D eigenvalue weighted by Gasteiger charge is 2.30. The highest BCUT2D eigenvalue weighted by atomic mass is 19.4. The lowest BCUT2D eigenvalue weighted by atomic mass is 10.1. The molecule has 0 aliphatic heterocycles. The number of alkyl halides is 3. The number of hydrogen-bond donors (Lipinski definition) is 1. The number of rotatable bonds is 6. The van der Waals surface area contributed by atoms with Gasteiger partial charge in [0.25, 0.3) is 5.91 Å². The van der Waals surface area contributed by atoms with Crippen molar-refractivity contribution < 1.29 is 35.9 Å². The number of ether oxygens (including phenoxy) is 1. The maximum absolute atomic E-state index is 14.9. The summed E-state index contributed by atoms with van der Waals surface area (Å²) in [4.78, 5) is 25.0. The van der Waals surface area contributed by atoms with E-state index in [1.165, 1.54) is 11.5 Å². The molecule has 0 spiro atoms. The van der Waals surface area contributed by atoms with Crippen molar-refractivity contribution in [2.45, 2.75) is 26.6 Å². The largest absolute Gasteiger partial charge is 0.483 e. The third kappa shape index (κ3) is 5.02. The van der Waals surface area contributed by atoms with Crippen LogP contribution in [0, 0.1) is 24.4 Å². The molecule has 7 nitrogen and oxygen atoms in total. The molecule has 0 atom stereocenters. The van der Waals surface area contributed by atoms with Gasteiger partial charge in [-0.05, 0) is 32.0 Å². The number of anilines is 1. The minimum absolute atomic E-state index is 0.193.